The van der Waals surface area contributed by atoms with Crippen molar-refractivity contribution in [3.63, 3.8) is 0 Å². The Morgan fingerprint density at radius 1 is 0.646 bits per heavy atom. The molecular weight excluding hydrogens is 606 g/mol. The lowest BCUT2D eigenvalue weighted by Gasteiger charge is -2.31. The highest BCUT2D eigenvalue weighted by atomic mass is 16.6. The lowest BCUT2D eigenvalue weighted by atomic mass is 10.1. The number of carbonyl (C=O) groups is 3. The normalized spacial score (nSPS) is 13.8. The maximum Gasteiger partial charge on any atom is 0.362 e. The molecule has 8 nitrogen and oxygen atoms in total. The number of carboxylic acid groups (broad SMARTS) is 1. The molecular formula is C40H68NO7+. The highest BCUT2D eigenvalue weighted by Crippen LogP contribution is 2.12. The second-order valence-electron chi connectivity index (χ2n) is 13.2. The molecule has 2 atom stereocenters. The number of esters is 2. The largest absolute Gasteiger partial charge is 0.477 e. The van der Waals surface area contributed by atoms with Crippen LogP contribution in [-0.2, 0) is 28.6 Å². The Morgan fingerprint density at radius 3 is 1.85 bits per heavy atom. The number of unbranched alkanes of at least 4 members (excludes halogenated alkanes) is 10. The zero-order chi connectivity index (χ0) is 35.7. The van der Waals surface area contributed by atoms with E-state index >= 15 is 0 Å². The lowest BCUT2D eigenvalue weighted by molar-refractivity contribution is -0.887. The van der Waals surface area contributed by atoms with E-state index in [0.29, 0.717) is 25.7 Å². The van der Waals surface area contributed by atoms with E-state index in [1.54, 1.807) is 0 Å². The van der Waals surface area contributed by atoms with Gasteiger partial charge in [0.25, 0.3) is 0 Å². The minimum Gasteiger partial charge on any atom is -0.477 e. The maximum absolute atomic E-state index is 12.6. The molecule has 0 aromatic rings. The number of nitrogens with zero attached hydrogens (tertiary/aromatic N) is 1. The zero-order valence-corrected chi connectivity index (χ0v) is 30.9. The van der Waals surface area contributed by atoms with Crippen LogP contribution in [0.1, 0.15) is 123 Å². The van der Waals surface area contributed by atoms with Crippen molar-refractivity contribution >= 4 is 17.9 Å². The third kappa shape index (κ3) is 29.2. The van der Waals surface area contributed by atoms with Crippen LogP contribution in [0.25, 0.3) is 0 Å². The van der Waals surface area contributed by atoms with Crippen LogP contribution in [0.5, 0.6) is 0 Å². The predicted molar refractivity (Wildman–Crippen MR) is 197 cm³/mol. The first kappa shape index (κ1) is 45.0. The monoisotopic (exact) mass is 674 g/mol. The minimum atomic E-state index is -0.887. The molecule has 0 aliphatic heterocycles. The SMILES string of the molecule is CC/C=C/C=C/C=C/C=C/CCCCCCCC(=O)OC(COCCC(C(=O)O)[N+](C)(C)C)COC(=O)CCC/C=C/CCCCCC. The number of allylic oxidation sites excluding steroid dienone is 10. The van der Waals surface area contributed by atoms with Gasteiger partial charge >= 0.3 is 17.9 Å². The molecule has 0 bridgehead atoms. The van der Waals surface area contributed by atoms with Gasteiger partial charge in [-0.15, -0.1) is 0 Å². The fourth-order valence-electron chi connectivity index (χ4n) is 4.87. The van der Waals surface area contributed by atoms with E-state index in [4.69, 9.17) is 14.2 Å². The van der Waals surface area contributed by atoms with Gasteiger partial charge in [-0.25, -0.2) is 4.79 Å². The second kappa shape index (κ2) is 31.3. The Morgan fingerprint density at radius 2 is 1.21 bits per heavy atom. The van der Waals surface area contributed by atoms with Gasteiger partial charge in [0.1, 0.15) is 6.61 Å². The molecule has 48 heavy (non-hydrogen) atoms. The average Bonchev–Trinajstić information content (AvgIpc) is 3.03. The molecule has 0 spiro atoms. The van der Waals surface area contributed by atoms with Crippen LogP contribution in [0, 0.1) is 0 Å². The van der Waals surface area contributed by atoms with Gasteiger partial charge in [0, 0.05) is 19.3 Å². The molecule has 1 N–H and O–H groups in total. The lowest BCUT2D eigenvalue weighted by Crippen LogP contribution is -2.50. The van der Waals surface area contributed by atoms with Crippen molar-refractivity contribution in [3.8, 4) is 0 Å². The predicted octanol–water partition coefficient (Wildman–Crippen LogP) is 9.07. The summed E-state index contributed by atoms with van der Waals surface area (Å²) < 4.78 is 17.1. The maximum atomic E-state index is 12.6. The number of carboxylic acids is 1. The van der Waals surface area contributed by atoms with E-state index in [2.05, 4.69) is 44.2 Å². The number of rotatable bonds is 31. The molecule has 0 aliphatic rings. The van der Waals surface area contributed by atoms with Crippen molar-refractivity contribution in [1.29, 1.82) is 0 Å². The molecule has 274 valence electrons. The molecule has 0 saturated carbocycles. The first-order chi connectivity index (χ1) is 23.1. The summed E-state index contributed by atoms with van der Waals surface area (Å²) in [5, 5.41) is 9.56. The van der Waals surface area contributed by atoms with Crippen LogP contribution in [-0.4, -0.2) is 80.6 Å². The van der Waals surface area contributed by atoms with Gasteiger partial charge in [-0.1, -0.05) is 113 Å². The van der Waals surface area contributed by atoms with Crippen molar-refractivity contribution in [2.75, 3.05) is 41.0 Å². The van der Waals surface area contributed by atoms with Gasteiger partial charge in [-0.3, -0.25) is 9.59 Å². The van der Waals surface area contributed by atoms with E-state index in [9.17, 15) is 19.5 Å². The number of ether oxygens (including phenoxy) is 3. The highest BCUT2D eigenvalue weighted by molar-refractivity contribution is 5.72. The fourth-order valence-corrected chi connectivity index (χ4v) is 4.87. The van der Waals surface area contributed by atoms with Crippen molar-refractivity contribution in [2.24, 2.45) is 0 Å². The van der Waals surface area contributed by atoms with Crippen LogP contribution >= 0.6 is 0 Å². The van der Waals surface area contributed by atoms with Gasteiger partial charge in [0.2, 0.25) is 0 Å². The van der Waals surface area contributed by atoms with E-state index in [0.717, 1.165) is 57.8 Å². The molecule has 0 radical (unpaired) electrons. The molecule has 0 aromatic carbocycles. The quantitative estimate of drug-likeness (QED) is 0.0258. The summed E-state index contributed by atoms with van der Waals surface area (Å²) in [4.78, 5) is 36.7. The van der Waals surface area contributed by atoms with E-state index in [1.165, 1.54) is 25.7 Å². The Hall–Kier alpha value is -2.97. The molecule has 0 heterocycles. The zero-order valence-electron chi connectivity index (χ0n) is 30.9. The Labute approximate surface area is 292 Å². The number of hydrogen-bond acceptors (Lipinski definition) is 6. The topological polar surface area (TPSA) is 99.1 Å². The average molecular weight is 675 g/mol. The van der Waals surface area contributed by atoms with Crippen molar-refractivity contribution < 1.29 is 38.2 Å². The number of hydrogen-bond donors (Lipinski definition) is 1. The van der Waals surface area contributed by atoms with Crippen molar-refractivity contribution in [2.45, 2.75) is 135 Å². The highest BCUT2D eigenvalue weighted by Gasteiger charge is 2.31. The van der Waals surface area contributed by atoms with Crippen LogP contribution in [0.3, 0.4) is 0 Å². The van der Waals surface area contributed by atoms with Gasteiger partial charge in [0.05, 0.1) is 34.4 Å². The molecule has 8 heteroatoms. The smallest absolute Gasteiger partial charge is 0.362 e. The number of aliphatic carboxylic acids is 1. The van der Waals surface area contributed by atoms with Crippen molar-refractivity contribution in [1.82, 2.24) is 0 Å². The van der Waals surface area contributed by atoms with Crippen molar-refractivity contribution in [3.05, 3.63) is 60.8 Å². The van der Waals surface area contributed by atoms with Gasteiger partial charge < -0.3 is 23.8 Å². The summed E-state index contributed by atoms with van der Waals surface area (Å²) in [6.07, 6.45) is 35.6. The van der Waals surface area contributed by atoms with Crippen LogP contribution in [0.4, 0.5) is 0 Å². The molecule has 0 rings (SSSR count). The van der Waals surface area contributed by atoms with E-state index in [-0.39, 0.29) is 36.2 Å². The summed E-state index contributed by atoms with van der Waals surface area (Å²) in [6.45, 7) is 4.47. The van der Waals surface area contributed by atoms with Crippen LogP contribution in [0.15, 0.2) is 60.8 Å². The summed E-state index contributed by atoms with van der Waals surface area (Å²) in [7, 11) is 5.49. The first-order valence-corrected chi connectivity index (χ1v) is 18.4. The van der Waals surface area contributed by atoms with E-state index < -0.39 is 18.1 Å². The number of likely N-dealkylation sites (N-methyl/N-ethyl adjacent to an activating group) is 1. The molecule has 0 aliphatic carbocycles. The summed E-state index contributed by atoms with van der Waals surface area (Å²) in [5.41, 5.74) is 0. The third-order valence-corrected chi connectivity index (χ3v) is 7.75. The fraction of sp³-hybridized carbons (Fsp3) is 0.675. The molecule has 0 fully saturated rings. The Kier molecular flexibility index (Phi) is 29.4. The Bertz CT molecular complexity index is 975. The van der Waals surface area contributed by atoms with Crippen LogP contribution < -0.4 is 0 Å². The molecule has 0 aromatic heterocycles. The van der Waals surface area contributed by atoms with Gasteiger partial charge in [-0.2, -0.15) is 0 Å². The molecule has 2 unspecified atom stereocenters. The second-order valence-corrected chi connectivity index (χ2v) is 13.2. The summed E-state index contributed by atoms with van der Waals surface area (Å²) >= 11 is 0. The number of carbonyl (C=O) groups excluding carboxylic acids is 2. The molecule has 0 amide bonds. The molecule has 0 saturated heterocycles. The van der Waals surface area contributed by atoms with E-state index in [1.807, 2.05) is 51.5 Å². The van der Waals surface area contributed by atoms with Crippen LogP contribution in [0.2, 0.25) is 0 Å². The Balaban J connectivity index is 4.53. The number of quaternary nitrogens is 1. The van der Waals surface area contributed by atoms with Gasteiger partial charge in [-0.05, 0) is 51.4 Å². The standard InChI is InChI=1S/C40H67NO7/c1-6-8-10-12-14-16-17-18-19-20-21-23-25-27-29-31-39(43)48-36(34-46-33-32-37(40(44)45)41(3,4)5)35-47-38(42)30-28-26-24-22-15-13-11-9-7-2/h8,10,12,14,16-19,22,24,36-37H,6-7,9,11,13,15,20-21,23,25-35H2,1-5H3/p+1/b10-8+,14-12+,17-16+,19-18+,24-22+. The minimum absolute atomic E-state index is 0.0399. The summed E-state index contributed by atoms with van der Waals surface area (Å²) in [6, 6.07) is -0.623. The third-order valence-electron chi connectivity index (χ3n) is 7.75. The van der Waals surface area contributed by atoms with Gasteiger partial charge in [0.15, 0.2) is 12.1 Å². The summed E-state index contributed by atoms with van der Waals surface area (Å²) in [5.74, 6) is -1.56. The first-order valence-electron chi connectivity index (χ1n) is 18.4.